The van der Waals surface area contributed by atoms with E-state index in [0.717, 1.165) is 16.3 Å². The van der Waals surface area contributed by atoms with Crippen LogP contribution in [0.1, 0.15) is 20.9 Å². The van der Waals surface area contributed by atoms with Gasteiger partial charge in [-0.25, -0.2) is 0 Å². The predicted molar refractivity (Wildman–Crippen MR) is 108 cm³/mol. The molecule has 3 aromatic rings. The second kappa shape index (κ2) is 8.91. The Kier molecular flexibility index (Phi) is 6.12. The number of hydrogen-bond donors (Lipinski definition) is 2. The van der Waals surface area contributed by atoms with Crippen LogP contribution in [-0.2, 0) is 0 Å². The zero-order valence-electron chi connectivity index (χ0n) is 14.5. The highest BCUT2D eigenvalue weighted by molar-refractivity contribution is 7.99. The van der Waals surface area contributed by atoms with Gasteiger partial charge in [-0.1, -0.05) is 18.2 Å². The molecule has 2 aromatic carbocycles. The average molecular weight is 378 g/mol. The number of amides is 2. The van der Waals surface area contributed by atoms with Gasteiger partial charge in [0.15, 0.2) is 5.76 Å². The third-order valence-electron chi connectivity index (χ3n) is 3.64. The molecule has 2 amide bonds. The number of anilines is 2. The molecule has 0 saturated carbocycles. The lowest BCUT2D eigenvalue weighted by Gasteiger charge is -2.10. The van der Waals surface area contributed by atoms with Gasteiger partial charge in [-0.2, -0.15) is 0 Å². The van der Waals surface area contributed by atoms with Crippen molar-refractivity contribution in [1.29, 1.82) is 0 Å². The Morgan fingerprint density at radius 2 is 1.74 bits per heavy atom. The molecule has 1 aromatic heterocycles. The van der Waals surface area contributed by atoms with Gasteiger partial charge in [0.05, 0.1) is 12.0 Å². The van der Waals surface area contributed by atoms with Crippen LogP contribution in [0.25, 0.3) is 0 Å². The number of benzene rings is 2. The SMILES string of the molecule is C=CCSc1ccccc1NC(=O)c1ccc(NC(=O)c2ccco2)cc1. The van der Waals surface area contributed by atoms with Crippen LogP contribution in [0.15, 0.2) is 88.9 Å². The summed E-state index contributed by atoms with van der Waals surface area (Å²) in [5.74, 6) is 0.429. The summed E-state index contributed by atoms with van der Waals surface area (Å²) in [4.78, 5) is 25.5. The lowest BCUT2D eigenvalue weighted by molar-refractivity contribution is 0.0995. The molecule has 0 aliphatic rings. The number of nitrogens with one attached hydrogen (secondary N) is 2. The summed E-state index contributed by atoms with van der Waals surface area (Å²) in [6.45, 7) is 3.71. The molecule has 6 heteroatoms. The maximum Gasteiger partial charge on any atom is 0.291 e. The van der Waals surface area contributed by atoms with E-state index in [1.165, 1.54) is 6.26 Å². The van der Waals surface area contributed by atoms with E-state index in [-0.39, 0.29) is 17.6 Å². The van der Waals surface area contributed by atoms with Crippen LogP contribution in [-0.4, -0.2) is 17.6 Å². The third kappa shape index (κ3) is 4.89. The van der Waals surface area contributed by atoms with Crippen molar-refractivity contribution in [2.45, 2.75) is 4.90 Å². The highest BCUT2D eigenvalue weighted by atomic mass is 32.2. The molecule has 0 unspecified atom stereocenters. The molecule has 1 heterocycles. The fraction of sp³-hybridized carbons (Fsp3) is 0.0476. The van der Waals surface area contributed by atoms with Gasteiger partial charge in [0, 0.05) is 21.9 Å². The molecule has 0 aliphatic heterocycles. The fourth-order valence-electron chi connectivity index (χ4n) is 2.34. The van der Waals surface area contributed by atoms with Crippen molar-refractivity contribution in [1.82, 2.24) is 0 Å². The summed E-state index contributed by atoms with van der Waals surface area (Å²) in [6, 6.07) is 17.5. The molecular weight excluding hydrogens is 360 g/mol. The molecule has 0 aliphatic carbocycles. The van der Waals surface area contributed by atoms with Gasteiger partial charge < -0.3 is 15.1 Å². The molecular formula is C21H18N2O3S. The second-order valence-electron chi connectivity index (χ2n) is 5.56. The van der Waals surface area contributed by atoms with Crippen molar-refractivity contribution in [2.24, 2.45) is 0 Å². The van der Waals surface area contributed by atoms with E-state index in [9.17, 15) is 9.59 Å². The largest absolute Gasteiger partial charge is 0.459 e. The Balaban J connectivity index is 1.66. The molecule has 0 fully saturated rings. The van der Waals surface area contributed by atoms with Gasteiger partial charge >= 0.3 is 0 Å². The van der Waals surface area contributed by atoms with E-state index < -0.39 is 0 Å². The molecule has 0 spiro atoms. The monoisotopic (exact) mass is 378 g/mol. The highest BCUT2D eigenvalue weighted by Crippen LogP contribution is 2.27. The lowest BCUT2D eigenvalue weighted by Crippen LogP contribution is -2.13. The summed E-state index contributed by atoms with van der Waals surface area (Å²) in [5.41, 5.74) is 1.83. The summed E-state index contributed by atoms with van der Waals surface area (Å²) < 4.78 is 5.05. The Hall–Kier alpha value is -3.25. The number of para-hydroxylation sites is 1. The van der Waals surface area contributed by atoms with Crippen molar-refractivity contribution in [3.63, 3.8) is 0 Å². The molecule has 0 radical (unpaired) electrons. The first-order chi connectivity index (χ1) is 13.2. The van der Waals surface area contributed by atoms with E-state index in [1.54, 1.807) is 48.2 Å². The normalized spacial score (nSPS) is 10.2. The van der Waals surface area contributed by atoms with Crippen LogP contribution in [0.2, 0.25) is 0 Å². The minimum absolute atomic E-state index is 0.217. The van der Waals surface area contributed by atoms with E-state index in [0.29, 0.717) is 11.3 Å². The first-order valence-corrected chi connectivity index (χ1v) is 9.25. The topological polar surface area (TPSA) is 71.3 Å². The summed E-state index contributed by atoms with van der Waals surface area (Å²) in [7, 11) is 0. The number of thioether (sulfide) groups is 1. The molecule has 0 saturated heterocycles. The van der Waals surface area contributed by atoms with Crippen molar-refractivity contribution < 1.29 is 14.0 Å². The Bertz CT molecular complexity index is 934. The van der Waals surface area contributed by atoms with E-state index in [4.69, 9.17) is 4.42 Å². The fourth-order valence-corrected chi connectivity index (χ4v) is 3.09. The van der Waals surface area contributed by atoms with Gasteiger partial charge in [0.25, 0.3) is 11.8 Å². The molecule has 5 nitrogen and oxygen atoms in total. The van der Waals surface area contributed by atoms with Gasteiger partial charge in [-0.15, -0.1) is 18.3 Å². The first-order valence-electron chi connectivity index (χ1n) is 8.26. The average Bonchev–Trinajstić information content (AvgIpc) is 3.23. The maximum absolute atomic E-state index is 12.5. The molecule has 136 valence electrons. The standard InChI is InChI=1S/C21H18N2O3S/c1-2-14-27-19-8-4-3-6-17(19)23-20(24)15-9-11-16(12-10-15)22-21(25)18-7-5-13-26-18/h2-13H,1,14H2,(H,22,25)(H,23,24). The molecule has 27 heavy (non-hydrogen) atoms. The quantitative estimate of drug-likeness (QED) is 0.445. The van der Waals surface area contributed by atoms with Crippen LogP contribution in [0.3, 0.4) is 0 Å². The number of carbonyl (C=O) groups excluding carboxylic acids is 2. The Morgan fingerprint density at radius 3 is 2.44 bits per heavy atom. The summed E-state index contributed by atoms with van der Waals surface area (Å²) in [5, 5.41) is 5.64. The van der Waals surface area contributed by atoms with Gasteiger partial charge in [-0.3, -0.25) is 9.59 Å². The van der Waals surface area contributed by atoms with Crippen molar-refractivity contribution in [3.05, 3.63) is 90.9 Å². The zero-order chi connectivity index (χ0) is 19.1. The highest BCUT2D eigenvalue weighted by Gasteiger charge is 2.11. The van der Waals surface area contributed by atoms with Crippen LogP contribution in [0, 0.1) is 0 Å². The Morgan fingerprint density at radius 1 is 0.963 bits per heavy atom. The number of rotatable bonds is 7. The van der Waals surface area contributed by atoms with E-state index >= 15 is 0 Å². The van der Waals surface area contributed by atoms with Crippen molar-refractivity contribution >= 4 is 35.0 Å². The summed E-state index contributed by atoms with van der Waals surface area (Å²) in [6.07, 6.45) is 3.26. The smallest absolute Gasteiger partial charge is 0.291 e. The van der Waals surface area contributed by atoms with Crippen molar-refractivity contribution in [2.75, 3.05) is 16.4 Å². The van der Waals surface area contributed by atoms with Crippen LogP contribution >= 0.6 is 11.8 Å². The van der Waals surface area contributed by atoms with Gasteiger partial charge in [0.2, 0.25) is 0 Å². The van der Waals surface area contributed by atoms with E-state index in [2.05, 4.69) is 17.2 Å². The molecule has 0 atom stereocenters. The second-order valence-corrected chi connectivity index (χ2v) is 6.62. The number of hydrogen-bond acceptors (Lipinski definition) is 4. The van der Waals surface area contributed by atoms with Crippen LogP contribution in [0.4, 0.5) is 11.4 Å². The first kappa shape index (κ1) is 18.5. The lowest BCUT2D eigenvalue weighted by atomic mass is 10.2. The van der Waals surface area contributed by atoms with Gasteiger partial charge in [0.1, 0.15) is 0 Å². The molecule has 0 bridgehead atoms. The third-order valence-corrected chi connectivity index (χ3v) is 4.71. The minimum Gasteiger partial charge on any atom is -0.459 e. The summed E-state index contributed by atoms with van der Waals surface area (Å²) >= 11 is 1.60. The van der Waals surface area contributed by atoms with Gasteiger partial charge in [-0.05, 0) is 48.5 Å². The van der Waals surface area contributed by atoms with Crippen LogP contribution < -0.4 is 10.6 Å². The Labute approximate surface area is 161 Å². The molecule has 3 rings (SSSR count). The predicted octanol–water partition coefficient (Wildman–Crippen LogP) is 5.06. The van der Waals surface area contributed by atoms with Crippen LogP contribution in [0.5, 0.6) is 0 Å². The van der Waals surface area contributed by atoms with E-state index in [1.807, 2.05) is 30.3 Å². The number of carbonyl (C=O) groups is 2. The zero-order valence-corrected chi connectivity index (χ0v) is 15.3. The molecule has 2 N–H and O–H groups in total. The maximum atomic E-state index is 12.5. The van der Waals surface area contributed by atoms with Crippen molar-refractivity contribution in [3.8, 4) is 0 Å². The minimum atomic E-state index is -0.342. The number of furan rings is 1.